The summed E-state index contributed by atoms with van der Waals surface area (Å²) in [5.74, 6) is 2.26. The van der Waals surface area contributed by atoms with E-state index >= 15 is 0 Å². The summed E-state index contributed by atoms with van der Waals surface area (Å²) in [4.78, 5) is 12.1. The molecule has 0 amide bonds. The quantitative estimate of drug-likeness (QED) is 0.723. The molecule has 0 saturated heterocycles. The van der Waals surface area contributed by atoms with E-state index < -0.39 is 0 Å². The molecule has 2 aromatic rings. The van der Waals surface area contributed by atoms with Gasteiger partial charge in [-0.25, -0.2) is 0 Å². The maximum Gasteiger partial charge on any atom is 0.191 e. The molecular weight excluding hydrogens is 318 g/mol. The number of halogens is 1. The van der Waals surface area contributed by atoms with Crippen LogP contribution in [0.1, 0.15) is 37.1 Å². The minimum absolute atomic E-state index is 0.186. The average Bonchev–Trinajstić information content (AvgIpc) is 3.27. The van der Waals surface area contributed by atoms with Crippen LogP contribution in [0.5, 0.6) is 0 Å². The number of carbonyl (C=O) groups excluding carboxylic acids is 1. The molecule has 1 saturated carbocycles. The fraction of sp³-hybridized carbons (Fsp3) is 0.438. The first-order chi connectivity index (χ1) is 10.7. The van der Waals surface area contributed by atoms with Crippen LogP contribution >= 0.6 is 23.4 Å². The number of thioether (sulfide) groups is 1. The molecule has 0 bridgehead atoms. The van der Waals surface area contributed by atoms with Crippen molar-refractivity contribution in [3.8, 4) is 0 Å². The number of hydrogen-bond acceptors (Lipinski definition) is 4. The molecule has 0 spiro atoms. The molecular formula is C16H18ClN3OS. The Morgan fingerprint density at radius 2 is 2.05 bits per heavy atom. The second-order valence-corrected chi connectivity index (χ2v) is 6.87. The first kappa shape index (κ1) is 15.6. The van der Waals surface area contributed by atoms with E-state index in [1.807, 2.05) is 24.3 Å². The molecule has 0 aliphatic heterocycles. The SMILES string of the molecule is CCn1c(SCC(=O)Cc2ccc(Cl)cc2)nnc1C1CC1. The normalized spacial score (nSPS) is 14.3. The Kier molecular flexibility index (Phi) is 4.84. The maximum absolute atomic E-state index is 12.1. The largest absolute Gasteiger partial charge is 0.306 e. The van der Waals surface area contributed by atoms with Crippen molar-refractivity contribution in [1.82, 2.24) is 14.8 Å². The van der Waals surface area contributed by atoms with Gasteiger partial charge in [-0.3, -0.25) is 4.79 Å². The maximum atomic E-state index is 12.1. The fourth-order valence-electron chi connectivity index (χ4n) is 2.37. The summed E-state index contributed by atoms with van der Waals surface area (Å²) in [5.41, 5.74) is 0.991. The highest BCUT2D eigenvalue weighted by Crippen LogP contribution is 2.39. The number of aromatic nitrogens is 3. The van der Waals surface area contributed by atoms with Crippen LogP contribution in [0.25, 0.3) is 0 Å². The minimum atomic E-state index is 0.186. The van der Waals surface area contributed by atoms with Crippen molar-refractivity contribution in [1.29, 1.82) is 0 Å². The molecule has 0 unspecified atom stereocenters. The second kappa shape index (κ2) is 6.84. The zero-order chi connectivity index (χ0) is 15.5. The molecule has 0 atom stereocenters. The van der Waals surface area contributed by atoms with Crippen LogP contribution in [0, 0.1) is 0 Å². The molecule has 3 rings (SSSR count). The van der Waals surface area contributed by atoms with E-state index in [1.165, 1.54) is 24.6 Å². The monoisotopic (exact) mass is 335 g/mol. The first-order valence-corrected chi connectivity index (χ1v) is 8.85. The van der Waals surface area contributed by atoms with Crippen LogP contribution < -0.4 is 0 Å². The summed E-state index contributed by atoms with van der Waals surface area (Å²) >= 11 is 7.33. The Balaban J connectivity index is 1.57. The lowest BCUT2D eigenvalue weighted by molar-refractivity contribution is -0.116. The zero-order valence-electron chi connectivity index (χ0n) is 12.5. The van der Waals surface area contributed by atoms with E-state index in [-0.39, 0.29) is 5.78 Å². The molecule has 1 heterocycles. The van der Waals surface area contributed by atoms with E-state index in [4.69, 9.17) is 11.6 Å². The topological polar surface area (TPSA) is 47.8 Å². The predicted molar refractivity (Wildman–Crippen MR) is 88.6 cm³/mol. The number of ketones is 1. The van der Waals surface area contributed by atoms with Crippen molar-refractivity contribution < 1.29 is 4.79 Å². The molecule has 1 aromatic carbocycles. The Bertz CT molecular complexity index is 665. The average molecular weight is 336 g/mol. The molecule has 6 heteroatoms. The predicted octanol–water partition coefficient (Wildman–Crippen LogP) is 3.73. The number of rotatable bonds is 7. The van der Waals surface area contributed by atoms with Crippen molar-refractivity contribution in [2.24, 2.45) is 0 Å². The van der Waals surface area contributed by atoms with E-state index in [9.17, 15) is 4.79 Å². The van der Waals surface area contributed by atoms with Crippen LogP contribution in [0.15, 0.2) is 29.4 Å². The number of Topliss-reactive ketones (excluding diaryl/α,β-unsaturated/α-hetero) is 1. The molecule has 1 aliphatic rings. The number of nitrogens with zero attached hydrogens (tertiary/aromatic N) is 3. The molecule has 0 radical (unpaired) electrons. The van der Waals surface area contributed by atoms with E-state index in [2.05, 4.69) is 21.7 Å². The van der Waals surface area contributed by atoms with Gasteiger partial charge in [0.05, 0.1) is 5.75 Å². The Morgan fingerprint density at radius 3 is 2.68 bits per heavy atom. The Morgan fingerprint density at radius 1 is 1.32 bits per heavy atom. The van der Waals surface area contributed by atoms with Crippen molar-refractivity contribution in [3.05, 3.63) is 40.7 Å². The molecule has 4 nitrogen and oxygen atoms in total. The summed E-state index contributed by atoms with van der Waals surface area (Å²) in [6.07, 6.45) is 2.84. The molecule has 1 fully saturated rings. The van der Waals surface area contributed by atoms with Gasteiger partial charge in [0.25, 0.3) is 0 Å². The summed E-state index contributed by atoms with van der Waals surface area (Å²) in [6, 6.07) is 7.41. The summed E-state index contributed by atoms with van der Waals surface area (Å²) < 4.78 is 2.14. The molecule has 22 heavy (non-hydrogen) atoms. The van der Waals surface area contributed by atoms with Crippen molar-refractivity contribution >= 4 is 29.1 Å². The highest BCUT2D eigenvalue weighted by Gasteiger charge is 2.30. The van der Waals surface area contributed by atoms with Gasteiger partial charge in [0.2, 0.25) is 0 Å². The van der Waals surface area contributed by atoms with Crippen LogP contribution in [0.4, 0.5) is 0 Å². The van der Waals surface area contributed by atoms with Gasteiger partial charge in [0, 0.05) is 23.9 Å². The van der Waals surface area contributed by atoms with Gasteiger partial charge in [0.1, 0.15) is 11.6 Å². The number of carbonyl (C=O) groups is 1. The van der Waals surface area contributed by atoms with Gasteiger partial charge in [-0.2, -0.15) is 0 Å². The van der Waals surface area contributed by atoms with E-state index in [0.717, 1.165) is 23.1 Å². The van der Waals surface area contributed by atoms with Crippen LogP contribution in [0.3, 0.4) is 0 Å². The standard InChI is InChI=1S/C16H18ClN3OS/c1-2-20-15(12-5-6-12)18-19-16(20)22-10-14(21)9-11-3-7-13(17)8-4-11/h3-4,7-8,12H,2,5-6,9-10H2,1H3. The van der Waals surface area contributed by atoms with Gasteiger partial charge in [0.15, 0.2) is 5.16 Å². The zero-order valence-corrected chi connectivity index (χ0v) is 14.0. The van der Waals surface area contributed by atoms with Gasteiger partial charge in [-0.1, -0.05) is 35.5 Å². The third-order valence-corrected chi connectivity index (χ3v) is 4.96. The minimum Gasteiger partial charge on any atom is -0.306 e. The number of benzene rings is 1. The number of hydrogen-bond donors (Lipinski definition) is 0. The second-order valence-electron chi connectivity index (χ2n) is 5.49. The Hall–Kier alpha value is -1.33. The van der Waals surface area contributed by atoms with Crippen LogP contribution in [-0.2, 0) is 17.8 Å². The van der Waals surface area contributed by atoms with Crippen molar-refractivity contribution in [3.63, 3.8) is 0 Å². The van der Waals surface area contributed by atoms with Crippen molar-refractivity contribution in [2.45, 2.75) is 43.8 Å². The van der Waals surface area contributed by atoms with Gasteiger partial charge < -0.3 is 4.57 Å². The third kappa shape index (κ3) is 3.70. The highest BCUT2D eigenvalue weighted by molar-refractivity contribution is 7.99. The van der Waals surface area contributed by atoms with E-state index in [1.54, 1.807) is 0 Å². The molecule has 0 N–H and O–H groups in total. The smallest absolute Gasteiger partial charge is 0.191 e. The van der Waals surface area contributed by atoms with Gasteiger partial charge >= 0.3 is 0 Å². The fourth-order valence-corrected chi connectivity index (χ4v) is 3.37. The van der Waals surface area contributed by atoms with E-state index in [0.29, 0.717) is 23.1 Å². The van der Waals surface area contributed by atoms with Crippen molar-refractivity contribution in [2.75, 3.05) is 5.75 Å². The van der Waals surface area contributed by atoms with Gasteiger partial charge in [-0.15, -0.1) is 10.2 Å². The van der Waals surface area contributed by atoms with Gasteiger partial charge in [-0.05, 0) is 37.5 Å². The van der Waals surface area contributed by atoms with Crippen LogP contribution in [-0.4, -0.2) is 26.3 Å². The first-order valence-electron chi connectivity index (χ1n) is 7.49. The Labute approximate surface area is 139 Å². The molecule has 116 valence electrons. The molecule has 1 aromatic heterocycles. The summed E-state index contributed by atoms with van der Waals surface area (Å²) in [7, 11) is 0. The lowest BCUT2D eigenvalue weighted by Gasteiger charge is -2.06. The highest BCUT2D eigenvalue weighted by atomic mass is 35.5. The third-order valence-electron chi connectivity index (χ3n) is 3.68. The summed E-state index contributed by atoms with van der Waals surface area (Å²) in [6.45, 7) is 2.95. The lowest BCUT2D eigenvalue weighted by Crippen LogP contribution is -2.08. The summed E-state index contributed by atoms with van der Waals surface area (Å²) in [5, 5.41) is 10.1. The molecule has 1 aliphatic carbocycles. The lowest BCUT2D eigenvalue weighted by atomic mass is 10.1. The van der Waals surface area contributed by atoms with Crippen LogP contribution in [0.2, 0.25) is 5.02 Å².